The smallest absolute Gasteiger partial charge is 0.410 e. The molecule has 0 unspecified atom stereocenters. The van der Waals surface area contributed by atoms with Crippen LogP contribution in [0, 0.1) is 13.8 Å². The molecule has 3 nitrogen and oxygen atoms in total. The van der Waals surface area contributed by atoms with E-state index in [1.807, 2.05) is 19.9 Å². The molecule has 0 fully saturated rings. The zero-order valence-electron chi connectivity index (χ0n) is 10.5. The van der Waals surface area contributed by atoms with Crippen molar-refractivity contribution in [3.8, 4) is 5.75 Å². The molecule has 3 heteroatoms. The summed E-state index contributed by atoms with van der Waals surface area (Å²) in [4.78, 5) is 11.2. The molecule has 0 saturated carbocycles. The Hall–Kier alpha value is -1.51. The molecule has 0 atom stereocenters. The Kier molecular flexibility index (Phi) is 1.82. The number of carbonyl (C=O) groups excluding carboxylic acids is 1. The molecule has 1 aromatic rings. The van der Waals surface area contributed by atoms with Gasteiger partial charge in [-0.2, -0.15) is 0 Å². The maximum absolute atomic E-state index is 11.2. The minimum Gasteiger partial charge on any atom is -0.410 e. The van der Waals surface area contributed by atoms with Crippen LogP contribution in [-0.4, -0.2) is 13.1 Å². The number of rotatable bonds is 1. The molecule has 0 saturated heterocycles. The molecule has 0 aromatic heterocycles. The van der Waals surface area contributed by atoms with Crippen molar-refractivity contribution in [2.24, 2.45) is 0 Å². The van der Waals surface area contributed by atoms with Gasteiger partial charge in [0.2, 0.25) is 0 Å². The Labute approximate surface area is 81.9 Å². The highest BCUT2D eigenvalue weighted by atomic mass is 16.5. The Balaban J connectivity index is 2.70. The first kappa shape index (κ1) is 6.02. The second kappa shape index (κ2) is 3.94. The summed E-state index contributed by atoms with van der Waals surface area (Å²) in [5.41, 5.74) is 1.88. The molecule has 0 heterocycles. The number of benzene rings is 1. The number of aryl methyl sites for hydroxylation is 2. The van der Waals surface area contributed by atoms with Crippen molar-refractivity contribution < 1.29 is 13.6 Å². The van der Waals surface area contributed by atoms with Crippen molar-refractivity contribution >= 4 is 6.09 Å². The van der Waals surface area contributed by atoms with Crippen molar-refractivity contribution in [2.75, 3.05) is 6.98 Å². The Morgan fingerprint density at radius 2 is 2.00 bits per heavy atom. The van der Waals surface area contributed by atoms with Crippen LogP contribution >= 0.6 is 0 Å². The molecule has 0 spiro atoms. The van der Waals surface area contributed by atoms with Gasteiger partial charge in [0.05, 0.1) is 0 Å². The summed E-state index contributed by atoms with van der Waals surface area (Å²) < 4.78 is 25.3. The SMILES string of the molecule is [2H]C([2H])([2H])NC(=O)Oc1cc(C)cc(C)c1. The van der Waals surface area contributed by atoms with E-state index < -0.39 is 13.1 Å². The molecule has 0 aliphatic heterocycles. The fourth-order valence-corrected chi connectivity index (χ4v) is 1.12. The molecule has 1 aromatic carbocycles. The standard InChI is InChI=1S/C10H13NO2/c1-7-4-8(2)6-9(5-7)13-10(12)11-3/h4-6H,1-3H3,(H,11,12)/i3D3. The largest absolute Gasteiger partial charge is 0.412 e. The van der Waals surface area contributed by atoms with Crippen LogP contribution in [0.4, 0.5) is 4.79 Å². The molecular weight excluding hydrogens is 166 g/mol. The maximum Gasteiger partial charge on any atom is 0.412 e. The zero-order chi connectivity index (χ0) is 12.3. The second-order valence-corrected chi connectivity index (χ2v) is 2.84. The highest BCUT2D eigenvalue weighted by Gasteiger charge is 2.01. The van der Waals surface area contributed by atoms with Gasteiger partial charge in [-0.3, -0.25) is 0 Å². The number of carbonyl (C=O) groups is 1. The van der Waals surface area contributed by atoms with Crippen molar-refractivity contribution in [1.29, 1.82) is 0 Å². The van der Waals surface area contributed by atoms with Crippen LogP contribution < -0.4 is 10.1 Å². The summed E-state index contributed by atoms with van der Waals surface area (Å²) in [6.45, 7) is 1.19. The molecule has 1 rings (SSSR count). The molecule has 0 aliphatic rings. The molecule has 0 aliphatic carbocycles. The molecule has 1 N–H and O–H groups in total. The average molecular weight is 182 g/mol. The van der Waals surface area contributed by atoms with E-state index in [1.165, 1.54) is 0 Å². The number of ether oxygens (including phenoxy) is 1. The van der Waals surface area contributed by atoms with Crippen LogP contribution in [0.15, 0.2) is 18.2 Å². The third-order valence-electron chi connectivity index (χ3n) is 1.51. The lowest BCUT2D eigenvalue weighted by atomic mass is 10.1. The van der Waals surface area contributed by atoms with E-state index in [1.54, 1.807) is 17.4 Å². The van der Waals surface area contributed by atoms with Crippen LogP contribution in [0.1, 0.15) is 15.2 Å². The van der Waals surface area contributed by atoms with Gasteiger partial charge in [0, 0.05) is 11.1 Å². The zero-order valence-corrected chi connectivity index (χ0v) is 7.55. The van der Waals surface area contributed by atoms with Gasteiger partial charge in [0.25, 0.3) is 0 Å². The first-order chi connectivity index (χ1) is 7.26. The normalized spacial score (nSPS) is 13.8. The summed E-state index contributed by atoms with van der Waals surface area (Å²) in [5.74, 6) is 0.333. The predicted molar refractivity (Wildman–Crippen MR) is 51.0 cm³/mol. The number of hydrogen-bond donors (Lipinski definition) is 1. The Bertz CT molecular complexity index is 381. The minimum atomic E-state index is -2.53. The van der Waals surface area contributed by atoms with Gasteiger partial charge in [-0.1, -0.05) is 6.07 Å². The van der Waals surface area contributed by atoms with Gasteiger partial charge in [0.1, 0.15) is 5.75 Å². The van der Waals surface area contributed by atoms with Crippen LogP contribution in [0.25, 0.3) is 0 Å². The molecule has 0 radical (unpaired) electrons. The molecule has 13 heavy (non-hydrogen) atoms. The number of amides is 1. The highest BCUT2D eigenvalue weighted by molar-refractivity contribution is 5.70. The van der Waals surface area contributed by atoms with Gasteiger partial charge in [0.15, 0.2) is 0 Å². The number of hydrogen-bond acceptors (Lipinski definition) is 2. The summed E-state index contributed by atoms with van der Waals surface area (Å²) >= 11 is 0. The summed E-state index contributed by atoms with van der Waals surface area (Å²) in [5, 5.41) is 1.75. The van der Waals surface area contributed by atoms with Crippen LogP contribution in [-0.2, 0) is 0 Å². The van der Waals surface area contributed by atoms with Crippen molar-refractivity contribution in [3.05, 3.63) is 29.3 Å². The van der Waals surface area contributed by atoms with Crippen molar-refractivity contribution in [1.82, 2.24) is 5.32 Å². The van der Waals surface area contributed by atoms with Gasteiger partial charge in [-0.15, -0.1) is 0 Å². The summed E-state index contributed by atoms with van der Waals surface area (Å²) in [6.07, 6.45) is -0.981. The van der Waals surface area contributed by atoms with Gasteiger partial charge >= 0.3 is 6.09 Å². The Morgan fingerprint density at radius 3 is 2.54 bits per heavy atom. The fourth-order valence-electron chi connectivity index (χ4n) is 1.12. The summed E-state index contributed by atoms with van der Waals surface area (Å²) in [7, 11) is 0. The van der Waals surface area contributed by atoms with E-state index in [4.69, 9.17) is 8.85 Å². The van der Waals surface area contributed by atoms with Crippen LogP contribution in [0.3, 0.4) is 0 Å². The van der Waals surface area contributed by atoms with Gasteiger partial charge in [-0.25, -0.2) is 4.79 Å². The lowest BCUT2D eigenvalue weighted by Crippen LogP contribution is -2.22. The lowest BCUT2D eigenvalue weighted by Gasteiger charge is -2.05. The van der Waals surface area contributed by atoms with Crippen molar-refractivity contribution in [3.63, 3.8) is 0 Å². The van der Waals surface area contributed by atoms with Crippen molar-refractivity contribution in [2.45, 2.75) is 13.8 Å². The topological polar surface area (TPSA) is 38.3 Å². The third kappa shape index (κ3) is 2.78. The van der Waals surface area contributed by atoms with Gasteiger partial charge < -0.3 is 10.1 Å². The first-order valence-corrected chi connectivity index (χ1v) is 3.84. The van der Waals surface area contributed by atoms with E-state index >= 15 is 0 Å². The monoisotopic (exact) mass is 182 g/mol. The Morgan fingerprint density at radius 1 is 1.38 bits per heavy atom. The fraction of sp³-hybridized carbons (Fsp3) is 0.300. The van der Waals surface area contributed by atoms with Gasteiger partial charge in [-0.05, 0) is 37.1 Å². The molecule has 0 bridgehead atoms. The summed E-state index contributed by atoms with van der Waals surface area (Å²) in [6, 6.07) is 5.24. The minimum absolute atomic E-state index is 0.333. The lowest BCUT2D eigenvalue weighted by molar-refractivity contribution is 0.203. The maximum atomic E-state index is 11.2. The molecule has 1 amide bonds. The number of nitrogens with one attached hydrogen (secondary N) is 1. The highest BCUT2D eigenvalue weighted by Crippen LogP contribution is 2.15. The first-order valence-electron chi connectivity index (χ1n) is 5.34. The third-order valence-corrected chi connectivity index (χ3v) is 1.51. The van der Waals surface area contributed by atoms with E-state index in [0.717, 1.165) is 11.1 Å². The van der Waals surface area contributed by atoms with Crippen LogP contribution in [0.2, 0.25) is 0 Å². The van der Waals surface area contributed by atoms with E-state index in [2.05, 4.69) is 0 Å². The van der Waals surface area contributed by atoms with E-state index in [0.29, 0.717) is 5.75 Å². The van der Waals surface area contributed by atoms with Crippen LogP contribution in [0.5, 0.6) is 5.75 Å². The molecule has 70 valence electrons. The second-order valence-electron chi connectivity index (χ2n) is 2.84. The molecular formula is C10H13NO2. The average Bonchev–Trinajstić information content (AvgIpc) is 1.96. The van der Waals surface area contributed by atoms with E-state index in [9.17, 15) is 4.79 Å². The quantitative estimate of drug-likeness (QED) is 0.721. The predicted octanol–water partition coefficient (Wildman–Crippen LogP) is 2.02. The van der Waals surface area contributed by atoms with E-state index in [-0.39, 0.29) is 0 Å².